The molecule has 1 unspecified atom stereocenters. The summed E-state index contributed by atoms with van der Waals surface area (Å²) in [6.45, 7) is 0. The zero-order valence-corrected chi connectivity index (χ0v) is 12.8. The van der Waals surface area contributed by atoms with E-state index in [1.54, 1.807) is 0 Å². The van der Waals surface area contributed by atoms with Crippen LogP contribution in [0.5, 0.6) is 0 Å². The number of ether oxygens (including phenoxy) is 1. The summed E-state index contributed by atoms with van der Waals surface area (Å²) in [5.74, 6) is -13.2. The van der Waals surface area contributed by atoms with Gasteiger partial charge in [-0.25, -0.2) is 0 Å². The fourth-order valence-electron chi connectivity index (χ4n) is 0.434. The predicted molar refractivity (Wildman–Crippen MR) is 25.9 cm³/mol. The van der Waals surface area contributed by atoms with Crippen molar-refractivity contribution in [2.45, 2.75) is 18.1 Å². The molecule has 0 fully saturated rings. The summed E-state index contributed by atoms with van der Waals surface area (Å²) in [5.41, 5.74) is 0. The Kier molecular flexibility index (Phi) is 9.57. The standard InChI is InChI=1S/C5H2F6O5.2Na/c6-3(1(12)13,5(9,10)11)16-4(7,8)2(14)15;;/h(H,12,13)(H,14,15);;/q;2*+1/p-2. The van der Waals surface area contributed by atoms with Gasteiger partial charge < -0.3 is 19.8 Å². The van der Waals surface area contributed by atoms with E-state index in [4.69, 9.17) is 0 Å². The van der Waals surface area contributed by atoms with E-state index in [0.29, 0.717) is 0 Å². The predicted octanol–water partition coefficient (Wildman–Crippen LogP) is -7.67. The molecule has 0 aromatic rings. The normalized spacial score (nSPS) is 14.8. The second kappa shape index (κ2) is 7.31. The average molecular weight is 300 g/mol. The first-order valence-electron chi connectivity index (χ1n) is 3.11. The Hall–Kier alpha value is 0.480. The topological polar surface area (TPSA) is 89.5 Å². The molecule has 5 nitrogen and oxygen atoms in total. The molecule has 0 aromatic heterocycles. The van der Waals surface area contributed by atoms with Crippen LogP contribution in [0.15, 0.2) is 0 Å². The van der Waals surface area contributed by atoms with Gasteiger partial charge in [-0.2, -0.15) is 26.3 Å². The van der Waals surface area contributed by atoms with E-state index < -0.39 is 30.1 Å². The number of rotatable bonds is 4. The average Bonchev–Trinajstić information content (AvgIpc) is 2.00. The molecule has 13 heteroatoms. The summed E-state index contributed by atoms with van der Waals surface area (Å²) in [4.78, 5) is 19.2. The number of hydrogen-bond donors (Lipinski definition) is 0. The van der Waals surface area contributed by atoms with E-state index in [9.17, 15) is 46.1 Å². The molecule has 0 aromatic carbocycles. The molecule has 0 saturated heterocycles. The van der Waals surface area contributed by atoms with Gasteiger partial charge in [-0.05, 0) is 0 Å². The molecule has 0 bridgehead atoms. The minimum Gasteiger partial charge on any atom is -0.544 e. The zero-order chi connectivity index (χ0) is 13.4. The quantitative estimate of drug-likeness (QED) is 0.380. The summed E-state index contributed by atoms with van der Waals surface area (Å²) in [5, 5.41) is 19.2. The van der Waals surface area contributed by atoms with Gasteiger partial charge in [0, 0.05) is 0 Å². The van der Waals surface area contributed by atoms with Gasteiger partial charge in [0.1, 0.15) is 11.9 Å². The number of carboxylic acid groups (broad SMARTS) is 2. The third-order valence-corrected chi connectivity index (χ3v) is 1.13. The summed E-state index contributed by atoms with van der Waals surface area (Å²) < 4.78 is 73.6. The van der Waals surface area contributed by atoms with Crippen LogP contribution in [0.2, 0.25) is 0 Å². The van der Waals surface area contributed by atoms with Crippen molar-refractivity contribution in [3.63, 3.8) is 0 Å². The monoisotopic (exact) mass is 300 g/mol. The third kappa shape index (κ3) is 5.23. The fraction of sp³-hybridized carbons (Fsp3) is 0.600. The minimum atomic E-state index is -6.45. The van der Waals surface area contributed by atoms with Crippen molar-refractivity contribution in [3.05, 3.63) is 0 Å². The number of carbonyl (C=O) groups is 2. The number of hydrogen-bond acceptors (Lipinski definition) is 5. The van der Waals surface area contributed by atoms with Crippen LogP contribution in [-0.4, -0.2) is 30.1 Å². The minimum absolute atomic E-state index is 0. The van der Waals surface area contributed by atoms with Crippen LogP contribution in [0.3, 0.4) is 0 Å². The van der Waals surface area contributed by atoms with Crippen LogP contribution in [0.4, 0.5) is 26.3 Å². The molecular formula is C5F6Na2O5. The first kappa shape index (κ1) is 23.6. The summed E-state index contributed by atoms with van der Waals surface area (Å²) in [6.07, 6.45) is -12.2. The van der Waals surface area contributed by atoms with Gasteiger partial charge in [0.25, 0.3) is 0 Å². The van der Waals surface area contributed by atoms with Gasteiger partial charge in [-0.15, -0.1) is 0 Å². The fourth-order valence-corrected chi connectivity index (χ4v) is 0.434. The van der Waals surface area contributed by atoms with E-state index in [0.717, 1.165) is 0 Å². The Balaban J connectivity index is -0.00000112. The molecule has 0 N–H and O–H groups in total. The van der Waals surface area contributed by atoms with Crippen molar-refractivity contribution >= 4 is 11.9 Å². The van der Waals surface area contributed by atoms with E-state index in [-0.39, 0.29) is 59.1 Å². The van der Waals surface area contributed by atoms with Crippen LogP contribution in [-0.2, 0) is 14.3 Å². The second-order valence-electron chi connectivity index (χ2n) is 2.29. The number of carboxylic acids is 2. The van der Waals surface area contributed by atoms with Crippen molar-refractivity contribution in [3.8, 4) is 0 Å². The van der Waals surface area contributed by atoms with Gasteiger partial charge in [0.05, 0.1) is 0 Å². The Morgan fingerprint density at radius 3 is 1.33 bits per heavy atom. The van der Waals surface area contributed by atoms with E-state index in [1.807, 2.05) is 0 Å². The zero-order valence-electron chi connectivity index (χ0n) is 8.81. The molecule has 18 heavy (non-hydrogen) atoms. The van der Waals surface area contributed by atoms with Crippen LogP contribution < -0.4 is 69.3 Å². The Labute approximate surface area is 139 Å². The summed E-state index contributed by atoms with van der Waals surface area (Å²) >= 11 is 0. The smallest absolute Gasteiger partial charge is 0.544 e. The van der Waals surface area contributed by atoms with Crippen LogP contribution in [0.25, 0.3) is 0 Å². The van der Waals surface area contributed by atoms with E-state index >= 15 is 0 Å². The third-order valence-electron chi connectivity index (χ3n) is 1.13. The van der Waals surface area contributed by atoms with E-state index in [1.165, 1.54) is 0 Å². The maximum Gasteiger partial charge on any atom is 1.00 e. The summed E-state index contributed by atoms with van der Waals surface area (Å²) in [6, 6.07) is 0. The number of aliphatic carboxylic acids is 2. The van der Waals surface area contributed by atoms with Gasteiger partial charge in [-0.3, -0.25) is 4.74 Å². The number of halogens is 6. The molecule has 0 amide bonds. The first-order valence-corrected chi connectivity index (χ1v) is 3.11. The molecule has 0 aliphatic carbocycles. The molecule has 0 saturated carbocycles. The first-order chi connectivity index (χ1) is 6.84. The van der Waals surface area contributed by atoms with Crippen LogP contribution >= 0.6 is 0 Å². The SMILES string of the molecule is O=C([O-])C(F)(F)OC(F)(C(=O)[O-])C(F)(F)F.[Na+].[Na+]. The molecule has 0 spiro atoms. The Morgan fingerprint density at radius 1 is 0.833 bits per heavy atom. The largest absolute Gasteiger partial charge is 1.00 e. The maximum atomic E-state index is 12.5. The molecule has 0 aliphatic heterocycles. The Bertz CT molecular complexity index is 320. The molecule has 1 atom stereocenters. The molecule has 0 rings (SSSR count). The second-order valence-corrected chi connectivity index (χ2v) is 2.29. The molecule has 94 valence electrons. The maximum absolute atomic E-state index is 12.5. The summed E-state index contributed by atoms with van der Waals surface area (Å²) in [7, 11) is 0. The molecule has 0 heterocycles. The van der Waals surface area contributed by atoms with Crippen molar-refractivity contribution in [1.82, 2.24) is 0 Å². The molecule has 0 aliphatic rings. The number of carbonyl (C=O) groups excluding carboxylic acids is 2. The number of alkyl halides is 6. The van der Waals surface area contributed by atoms with Gasteiger partial charge in [0.15, 0.2) is 0 Å². The molecule has 0 radical (unpaired) electrons. The van der Waals surface area contributed by atoms with Gasteiger partial charge >= 0.3 is 77.3 Å². The van der Waals surface area contributed by atoms with E-state index in [2.05, 4.69) is 4.74 Å². The van der Waals surface area contributed by atoms with Gasteiger partial charge in [0.2, 0.25) is 0 Å². The van der Waals surface area contributed by atoms with Crippen LogP contribution in [0.1, 0.15) is 0 Å². The molecular weight excluding hydrogens is 300 g/mol. The van der Waals surface area contributed by atoms with Gasteiger partial charge in [-0.1, -0.05) is 0 Å². The van der Waals surface area contributed by atoms with Crippen LogP contribution in [0, 0.1) is 0 Å². The Morgan fingerprint density at radius 2 is 1.17 bits per heavy atom. The van der Waals surface area contributed by atoms with Crippen molar-refractivity contribution in [2.24, 2.45) is 0 Å². The van der Waals surface area contributed by atoms with Crippen molar-refractivity contribution in [2.75, 3.05) is 0 Å². The van der Waals surface area contributed by atoms with Crippen molar-refractivity contribution in [1.29, 1.82) is 0 Å². The van der Waals surface area contributed by atoms with Crippen molar-refractivity contribution < 1.29 is 110 Å².